The lowest BCUT2D eigenvalue weighted by atomic mass is 10.0. The summed E-state index contributed by atoms with van der Waals surface area (Å²) in [6.07, 6.45) is 2.34. The van der Waals surface area contributed by atoms with E-state index in [1.807, 2.05) is 41.1 Å². The fourth-order valence-electron chi connectivity index (χ4n) is 2.80. The third-order valence-corrected chi connectivity index (χ3v) is 3.95. The predicted octanol–water partition coefficient (Wildman–Crippen LogP) is 2.25. The molecule has 1 aromatic carbocycles. The Kier molecular flexibility index (Phi) is 5.35. The van der Waals surface area contributed by atoms with Crippen LogP contribution in [0.4, 0.5) is 0 Å². The Hall–Kier alpha value is -1.86. The number of carbonyl (C=O) groups excluding carboxylic acids is 1. The summed E-state index contributed by atoms with van der Waals surface area (Å²) in [6.45, 7) is 5.17. The van der Waals surface area contributed by atoms with E-state index >= 15 is 0 Å². The van der Waals surface area contributed by atoms with Gasteiger partial charge < -0.3 is 4.90 Å². The predicted molar refractivity (Wildman–Crippen MR) is 82.5 cm³/mol. The molecule has 1 heterocycles. The van der Waals surface area contributed by atoms with Crippen LogP contribution < -0.4 is 0 Å². The molecule has 0 bridgehead atoms. The fraction of sp³-hybridized carbons (Fsp3) is 0.529. The number of hydrogen-bond acceptors (Lipinski definition) is 3. The van der Waals surface area contributed by atoms with Gasteiger partial charge in [0.15, 0.2) is 0 Å². The van der Waals surface area contributed by atoms with Gasteiger partial charge in [-0.05, 0) is 43.5 Å². The number of rotatable bonds is 4. The van der Waals surface area contributed by atoms with Crippen molar-refractivity contribution in [3.8, 4) is 6.07 Å². The topological polar surface area (TPSA) is 47.3 Å². The zero-order chi connectivity index (χ0) is 15.2. The van der Waals surface area contributed by atoms with Crippen molar-refractivity contribution in [3.63, 3.8) is 0 Å². The Labute approximate surface area is 127 Å². The minimum atomic E-state index is 0.220. The maximum absolute atomic E-state index is 12.3. The second-order valence-electron chi connectivity index (χ2n) is 6.07. The molecule has 1 saturated heterocycles. The van der Waals surface area contributed by atoms with Gasteiger partial charge in [-0.3, -0.25) is 9.69 Å². The fourth-order valence-corrected chi connectivity index (χ4v) is 2.80. The Morgan fingerprint density at radius 1 is 1.43 bits per heavy atom. The molecule has 0 saturated carbocycles. The third kappa shape index (κ3) is 4.57. The number of likely N-dealkylation sites (N-methyl/N-ethyl adjacent to an activating group) is 1. The van der Waals surface area contributed by atoms with Gasteiger partial charge in [0.1, 0.15) is 0 Å². The lowest BCUT2D eigenvalue weighted by Crippen LogP contribution is -2.43. The van der Waals surface area contributed by atoms with Gasteiger partial charge in [-0.25, -0.2) is 0 Å². The molecule has 1 amide bonds. The van der Waals surface area contributed by atoms with Crippen molar-refractivity contribution >= 4 is 5.91 Å². The van der Waals surface area contributed by atoms with Crippen LogP contribution in [0.15, 0.2) is 24.3 Å². The average Bonchev–Trinajstić information content (AvgIpc) is 2.48. The normalized spacial score (nSPS) is 18.6. The van der Waals surface area contributed by atoms with E-state index in [1.54, 1.807) is 0 Å². The first-order chi connectivity index (χ1) is 10.1. The highest BCUT2D eigenvalue weighted by atomic mass is 16.2. The molecular weight excluding hydrogens is 262 g/mol. The molecule has 21 heavy (non-hydrogen) atoms. The van der Waals surface area contributed by atoms with Crippen molar-refractivity contribution in [1.29, 1.82) is 5.26 Å². The van der Waals surface area contributed by atoms with Crippen molar-refractivity contribution in [3.05, 3.63) is 35.4 Å². The molecule has 0 spiro atoms. The number of hydrogen-bond donors (Lipinski definition) is 0. The SMILES string of the molecule is CC1CCCN(C(=O)CN(C)Cc2ccc(C#N)cc2)C1. The molecule has 2 rings (SSSR count). The molecule has 0 aliphatic carbocycles. The van der Waals surface area contributed by atoms with Crippen LogP contribution in [0.25, 0.3) is 0 Å². The number of carbonyl (C=O) groups is 1. The highest BCUT2D eigenvalue weighted by Crippen LogP contribution is 2.15. The van der Waals surface area contributed by atoms with Crippen LogP contribution in [0, 0.1) is 17.2 Å². The van der Waals surface area contributed by atoms with Crippen LogP contribution in [0.5, 0.6) is 0 Å². The van der Waals surface area contributed by atoms with Gasteiger partial charge in [-0.15, -0.1) is 0 Å². The lowest BCUT2D eigenvalue weighted by molar-refractivity contribution is -0.133. The van der Waals surface area contributed by atoms with Gasteiger partial charge in [-0.2, -0.15) is 5.26 Å². The lowest BCUT2D eigenvalue weighted by Gasteiger charge is -2.32. The first-order valence-electron chi connectivity index (χ1n) is 7.54. The molecule has 1 unspecified atom stereocenters. The Morgan fingerprint density at radius 3 is 2.76 bits per heavy atom. The Balaban J connectivity index is 1.84. The molecule has 1 aliphatic rings. The molecule has 0 N–H and O–H groups in total. The van der Waals surface area contributed by atoms with Gasteiger partial charge in [0.2, 0.25) is 5.91 Å². The summed E-state index contributed by atoms with van der Waals surface area (Å²) in [5.41, 5.74) is 1.79. The standard InChI is InChI=1S/C17H23N3O/c1-14-4-3-9-20(11-14)17(21)13-19(2)12-16-7-5-15(10-18)6-8-16/h5-8,14H,3-4,9,11-13H2,1-2H3. The van der Waals surface area contributed by atoms with E-state index in [0.29, 0.717) is 18.0 Å². The Morgan fingerprint density at radius 2 is 2.14 bits per heavy atom. The second-order valence-corrected chi connectivity index (χ2v) is 6.07. The van der Waals surface area contributed by atoms with Crippen LogP contribution in [0.3, 0.4) is 0 Å². The van der Waals surface area contributed by atoms with Crippen molar-refractivity contribution in [2.45, 2.75) is 26.3 Å². The average molecular weight is 285 g/mol. The monoisotopic (exact) mass is 285 g/mol. The largest absolute Gasteiger partial charge is 0.341 e. The highest BCUT2D eigenvalue weighted by molar-refractivity contribution is 5.78. The zero-order valence-corrected chi connectivity index (χ0v) is 12.9. The highest BCUT2D eigenvalue weighted by Gasteiger charge is 2.21. The number of nitrogens with zero attached hydrogens (tertiary/aromatic N) is 3. The number of benzene rings is 1. The van der Waals surface area contributed by atoms with E-state index in [9.17, 15) is 4.79 Å². The van der Waals surface area contributed by atoms with Crippen LogP contribution in [0.1, 0.15) is 30.9 Å². The van der Waals surface area contributed by atoms with E-state index in [2.05, 4.69) is 13.0 Å². The van der Waals surface area contributed by atoms with Gasteiger partial charge >= 0.3 is 0 Å². The molecule has 4 nitrogen and oxygen atoms in total. The molecule has 112 valence electrons. The van der Waals surface area contributed by atoms with E-state index in [4.69, 9.17) is 5.26 Å². The quantitative estimate of drug-likeness (QED) is 0.852. The molecule has 4 heteroatoms. The van der Waals surface area contributed by atoms with E-state index < -0.39 is 0 Å². The summed E-state index contributed by atoms with van der Waals surface area (Å²) in [6, 6.07) is 9.64. The van der Waals surface area contributed by atoms with Gasteiger partial charge in [-0.1, -0.05) is 19.1 Å². The number of nitriles is 1. The van der Waals surface area contributed by atoms with Gasteiger partial charge in [0, 0.05) is 19.6 Å². The zero-order valence-electron chi connectivity index (χ0n) is 12.9. The molecule has 1 atom stereocenters. The molecule has 1 aliphatic heterocycles. The van der Waals surface area contributed by atoms with Crippen LogP contribution in [-0.4, -0.2) is 42.4 Å². The summed E-state index contributed by atoms with van der Waals surface area (Å²) in [5, 5.41) is 8.78. The molecule has 1 aromatic rings. The Bertz CT molecular complexity index is 518. The number of amides is 1. The molecule has 1 fully saturated rings. The minimum absolute atomic E-state index is 0.220. The van der Waals surface area contributed by atoms with Crippen molar-refractivity contribution in [2.75, 3.05) is 26.7 Å². The van der Waals surface area contributed by atoms with E-state index in [1.165, 1.54) is 6.42 Å². The summed E-state index contributed by atoms with van der Waals surface area (Å²) >= 11 is 0. The van der Waals surface area contributed by atoms with Crippen LogP contribution in [0.2, 0.25) is 0 Å². The maximum Gasteiger partial charge on any atom is 0.236 e. The third-order valence-electron chi connectivity index (χ3n) is 3.95. The first-order valence-corrected chi connectivity index (χ1v) is 7.54. The van der Waals surface area contributed by atoms with E-state index in [0.717, 1.165) is 31.6 Å². The van der Waals surface area contributed by atoms with Gasteiger partial charge in [0.25, 0.3) is 0 Å². The smallest absolute Gasteiger partial charge is 0.236 e. The minimum Gasteiger partial charge on any atom is -0.341 e. The van der Waals surface area contributed by atoms with Crippen LogP contribution in [-0.2, 0) is 11.3 Å². The summed E-state index contributed by atoms with van der Waals surface area (Å²) in [5.74, 6) is 0.837. The van der Waals surface area contributed by atoms with Crippen LogP contribution >= 0.6 is 0 Å². The van der Waals surface area contributed by atoms with Crippen molar-refractivity contribution in [2.24, 2.45) is 5.92 Å². The number of likely N-dealkylation sites (tertiary alicyclic amines) is 1. The van der Waals surface area contributed by atoms with Crippen molar-refractivity contribution < 1.29 is 4.79 Å². The van der Waals surface area contributed by atoms with Gasteiger partial charge in [0.05, 0.1) is 18.2 Å². The van der Waals surface area contributed by atoms with E-state index in [-0.39, 0.29) is 5.91 Å². The number of piperidine rings is 1. The summed E-state index contributed by atoms with van der Waals surface area (Å²) in [7, 11) is 1.96. The second kappa shape index (κ2) is 7.24. The molecular formula is C17H23N3O. The summed E-state index contributed by atoms with van der Waals surface area (Å²) < 4.78 is 0. The summed E-state index contributed by atoms with van der Waals surface area (Å²) in [4.78, 5) is 16.3. The van der Waals surface area contributed by atoms with Crippen molar-refractivity contribution in [1.82, 2.24) is 9.80 Å². The molecule has 0 radical (unpaired) electrons. The maximum atomic E-state index is 12.3. The first kappa shape index (κ1) is 15.5. The molecule has 0 aromatic heterocycles.